The van der Waals surface area contributed by atoms with Gasteiger partial charge in [-0.3, -0.25) is 9.59 Å². The predicted molar refractivity (Wildman–Crippen MR) is 72.7 cm³/mol. The number of hydrogen-bond donors (Lipinski definition) is 0. The Bertz CT molecular complexity index is 641. The van der Waals surface area contributed by atoms with Crippen LogP contribution in [-0.4, -0.2) is 16.8 Å². The SMILES string of the molecule is O=C1C2=CC([S-])CC=C2C(=O)c2cc([S-])ccc21. The van der Waals surface area contributed by atoms with Crippen LogP contribution in [0.4, 0.5) is 0 Å². The van der Waals surface area contributed by atoms with Crippen molar-refractivity contribution in [1.82, 2.24) is 0 Å². The summed E-state index contributed by atoms with van der Waals surface area (Å²) in [5.74, 6) is -0.246. The third kappa shape index (κ3) is 1.64. The van der Waals surface area contributed by atoms with Crippen molar-refractivity contribution in [3.8, 4) is 0 Å². The van der Waals surface area contributed by atoms with E-state index in [4.69, 9.17) is 25.3 Å². The summed E-state index contributed by atoms with van der Waals surface area (Å²) < 4.78 is 0. The first-order valence-electron chi connectivity index (χ1n) is 5.56. The van der Waals surface area contributed by atoms with Crippen molar-refractivity contribution in [3.63, 3.8) is 0 Å². The summed E-state index contributed by atoms with van der Waals surface area (Å²) in [6, 6.07) is 4.90. The van der Waals surface area contributed by atoms with Crippen LogP contribution in [0.15, 0.2) is 46.4 Å². The minimum Gasteiger partial charge on any atom is -0.785 e. The molecule has 2 aliphatic carbocycles. The monoisotopic (exact) mass is 272 g/mol. The second-order valence-corrected chi connectivity index (χ2v) is 5.41. The van der Waals surface area contributed by atoms with Crippen LogP contribution in [0, 0.1) is 0 Å². The van der Waals surface area contributed by atoms with Crippen molar-refractivity contribution in [2.75, 3.05) is 0 Å². The molecular weight excluding hydrogens is 264 g/mol. The summed E-state index contributed by atoms with van der Waals surface area (Å²) in [4.78, 5) is 25.2. The van der Waals surface area contributed by atoms with Gasteiger partial charge < -0.3 is 25.3 Å². The van der Waals surface area contributed by atoms with E-state index in [0.717, 1.165) is 0 Å². The maximum absolute atomic E-state index is 12.3. The summed E-state index contributed by atoms with van der Waals surface area (Å²) in [5, 5.41) is -0.111. The maximum Gasteiger partial charge on any atom is 0.194 e. The lowest BCUT2D eigenvalue weighted by Gasteiger charge is -2.28. The van der Waals surface area contributed by atoms with E-state index in [-0.39, 0.29) is 16.8 Å². The Hall–Kier alpha value is -1.39. The Labute approximate surface area is 116 Å². The Morgan fingerprint density at radius 1 is 1.06 bits per heavy atom. The Balaban J connectivity index is 2.25. The first-order chi connectivity index (χ1) is 8.58. The zero-order chi connectivity index (χ0) is 12.9. The average molecular weight is 272 g/mol. The van der Waals surface area contributed by atoms with Crippen molar-refractivity contribution in [2.24, 2.45) is 0 Å². The molecule has 1 atom stereocenters. The van der Waals surface area contributed by atoms with E-state index in [1.165, 1.54) is 0 Å². The molecule has 0 heterocycles. The van der Waals surface area contributed by atoms with Crippen molar-refractivity contribution >= 4 is 36.8 Å². The van der Waals surface area contributed by atoms with Gasteiger partial charge in [-0.2, -0.15) is 4.90 Å². The minimum absolute atomic E-state index is 0.111. The minimum atomic E-state index is -0.125. The molecule has 2 nitrogen and oxygen atoms in total. The number of ketones is 2. The standard InChI is InChI=1S/C14H10O2S2/c15-13-9-3-1-7(17)5-11(9)14(16)10-4-2-8(18)6-12(10)13/h1,3-6,8,17-18H,2H2/p-2. The molecule has 1 aromatic carbocycles. The van der Waals surface area contributed by atoms with Gasteiger partial charge in [0.2, 0.25) is 0 Å². The second kappa shape index (κ2) is 4.07. The van der Waals surface area contributed by atoms with E-state index in [0.29, 0.717) is 33.6 Å². The third-order valence-electron chi connectivity index (χ3n) is 3.17. The summed E-state index contributed by atoms with van der Waals surface area (Å²) in [6.07, 6.45) is 4.11. The fourth-order valence-corrected chi connectivity index (χ4v) is 2.72. The third-order valence-corrected chi connectivity index (χ3v) is 3.75. The molecule has 0 saturated heterocycles. The van der Waals surface area contributed by atoms with Gasteiger partial charge in [0, 0.05) is 22.3 Å². The maximum atomic E-state index is 12.3. The van der Waals surface area contributed by atoms with Gasteiger partial charge in [-0.15, -0.1) is 5.25 Å². The van der Waals surface area contributed by atoms with E-state index in [2.05, 4.69) is 0 Å². The molecule has 0 aliphatic heterocycles. The largest absolute Gasteiger partial charge is 0.785 e. The number of benzene rings is 1. The lowest BCUT2D eigenvalue weighted by molar-refractivity contribution is 0.0971. The van der Waals surface area contributed by atoms with Crippen LogP contribution in [0.3, 0.4) is 0 Å². The quantitative estimate of drug-likeness (QED) is 0.678. The van der Waals surface area contributed by atoms with E-state index < -0.39 is 0 Å². The summed E-state index contributed by atoms with van der Waals surface area (Å²) in [7, 11) is 0. The number of rotatable bonds is 0. The molecule has 0 bridgehead atoms. The number of carbonyl (C=O) groups excluding carboxylic acids is 2. The van der Waals surface area contributed by atoms with Gasteiger partial charge in [0.25, 0.3) is 0 Å². The molecule has 0 amide bonds. The number of allylic oxidation sites excluding steroid dienone is 3. The first kappa shape index (κ1) is 11.7. The smallest absolute Gasteiger partial charge is 0.194 e. The molecule has 18 heavy (non-hydrogen) atoms. The highest BCUT2D eigenvalue weighted by atomic mass is 32.1. The van der Waals surface area contributed by atoms with E-state index in [1.807, 2.05) is 0 Å². The Morgan fingerprint density at radius 2 is 1.78 bits per heavy atom. The summed E-state index contributed by atoms with van der Waals surface area (Å²) in [5.41, 5.74) is 1.78. The summed E-state index contributed by atoms with van der Waals surface area (Å²) in [6.45, 7) is 0. The first-order valence-corrected chi connectivity index (χ1v) is 6.44. The lowest BCUT2D eigenvalue weighted by atomic mass is 9.79. The van der Waals surface area contributed by atoms with E-state index >= 15 is 0 Å². The molecule has 0 fully saturated rings. The van der Waals surface area contributed by atoms with Crippen LogP contribution in [-0.2, 0) is 25.3 Å². The zero-order valence-corrected chi connectivity index (χ0v) is 10.9. The fourth-order valence-electron chi connectivity index (χ4n) is 2.30. The predicted octanol–water partition coefficient (Wildman–Crippen LogP) is 2.14. The number of hydrogen-bond acceptors (Lipinski definition) is 4. The van der Waals surface area contributed by atoms with Gasteiger partial charge in [-0.25, -0.2) is 0 Å². The fraction of sp³-hybridized carbons (Fsp3) is 0.143. The van der Waals surface area contributed by atoms with Crippen molar-refractivity contribution in [1.29, 1.82) is 0 Å². The molecule has 0 N–H and O–H groups in total. The van der Waals surface area contributed by atoms with Crippen molar-refractivity contribution in [3.05, 3.63) is 52.6 Å². The van der Waals surface area contributed by atoms with Crippen molar-refractivity contribution in [2.45, 2.75) is 16.6 Å². The molecule has 90 valence electrons. The van der Waals surface area contributed by atoms with Gasteiger partial charge in [-0.05, 0) is 6.42 Å². The normalized spacial score (nSPS) is 21.9. The van der Waals surface area contributed by atoms with E-state index in [1.54, 1.807) is 30.4 Å². The zero-order valence-electron chi connectivity index (χ0n) is 9.30. The van der Waals surface area contributed by atoms with Crippen LogP contribution in [0.1, 0.15) is 27.1 Å². The average Bonchev–Trinajstić information content (AvgIpc) is 2.36. The van der Waals surface area contributed by atoms with Crippen molar-refractivity contribution < 1.29 is 9.59 Å². The topological polar surface area (TPSA) is 34.1 Å². The highest BCUT2D eigenvalue weighted by Gasteiger charge is 2.32. The lowest BCUT2D eigenvalue weighted by Crippen LogP contribution is -2.26. The molecular formula is C14H8O2S2-2. The number of fused-ring (bicyclic) bond motifs is 2. The molecule has 0 radical (unpaired) electrons. The number of carbonyl (C=O) groups is 2. The molecule has 0 saturated carbocycles. The van der Waals surface area contributed by atoms with Crippen LogP contribution in [0.25, 0.3) is 0 Å². The molecule has 4 heteroatoms. The molecule has 3 rings (SSSR count). The Kier molecular flexibility index (Phi) is 2.64. The number of Topliss-reactive ketones (excluding diaryl/α,β-unsaturated/α-hetero) is 2. The van der Waals surface area contributed by atoms with Gasteiger partial charge >= 0.3 is 0 Å². The highest BCUT2D eigenvalue weighted by Crippen LogP contribution is 2.33. The molecule has 1 aromatic rings. The molecule has 0 spiro atoms. The van der Waals surface area contributed by atoms with Crippen LogP contribution < -0.4 is 0 Å². The van der Waals surface area contributed by atoms with Crippen LogP contribution >= 0.6 is 0 Å². The van der Waals surface area contributed by atoms with Gasteiger partial charge in [-0.1, -0.05) is 30.4 Å². The highest BCUT2D eigenvalue weighted by molar-refractivity contribution is 7.59. The van der Waals surface area contributed by atoms with Gasteiger partial charge in [0.15, 0.2) is 11.6 Å². The van der Waals surface area contributed by atoms with Crippen LogP contribution in [0.2, 0.25) is 0 Å². The molecule has 0 aromatic heterocycles. The van der Waals surface area contributed by atoms with Gasteiger partial charge in [0.1, 0.15) is 0 Å². The van der Waals surface area contributed by atoms with Crippen LogP contribution in [0.5, 0.6) is 0 Å². The van der Waals surface area contributed by atoms with Gasteiger partial charge in [0.05, 0.1) is 0 Å². The van der Waals surface area contributed by atoms with E-state index in [9.17, 15) is 9.59 Å². The molecule has 2 aliphatic rings. The summed E-state index contributed by atoms with van der Waals surface area (Å²) >= 11 is 10.2. The second-order valence-electron chi connectivity index (χ2n) is 4.34. The Morgan fingerprint density at radius 3 is 2.56 bits per heavy atom. The molecule has 1 unspecified atom stereocenters.